The minimum absolute atomic E-state index is 0.0465. The zero-order chi connectivity index (χ0) is 17.9. The van der Waals surface area contributed by atoms with E-state index in [9.17, 15) is 13.5 Å². The third kappa shape index (κ3) is 4.19. The van der Waals surface area contributed by atoms with Crippen molar-refractivity contribution >= 4 is 33.5 Å². The second kappa shape index (κ2) is 7.53. The molecule has 0 atom stereocenters. The van der Waals surface area contributed by atoms with Crippen LogP contribution in [0.1, 0.15) is 5.56 Å². The van der Waals surface area contributed by atoms with Crippen LogP contribution < -0.4 is 0 Å². The Hall–Kier alpha value is -1.93. The number of benzene rings is 2. The van der Waals surface area contributed by atoms with Crippen LogP contribution in [-0.4, -0.2) is 50.3 Å². The molecule has 6 nitrogen and oxygen atoms in total. The molecule has 1 aliphatic rings. The molecule has 0 amide bonds. The van der Waals surface area contributed by atoms with Gasteiger partial charge in [-0.2, -0.15) is 4.31 Å². The molecule has 1 saturated heterocycles. The maximum Gasteiger partial charge on any atom is 0.243 e. The number of nitrogens with zero attached hydrogens (tertiary/aromatic N) is 2. The number of morpholine rings is 1. The van der Waals surface area contributed by atoms with Gasteiger partial charge in [0.1, 0.15) is 5.75 Å². The van der Waals surface area contributed by atoms with E-state index in [0.717, 1.165) is 0 Å². The Bertz CT molecular complexity index is 893. The average Bonchev–Trinajstić information content (AvgIpc) is 2.63. The lowest BCUT2D eigenvalue weighted by atomic mass is 10.2. The van der Waals surface area contributed by atoms with Crippen LogP contribution in [-0.2, 0) is 14.8 Å². The van der Waals surface area contributed by atoms with E-state index in [4.69, 9.17) is 16.3 Å². The fourth-order valence-corrected chi connectivity index (χ4v) is 4.06. The molecular formula is C17H17ClN2O4S. The van der Waals surface area contributed by atoms with E-state index in [1.54, 1.807) is 30.3 Å². The van der Waals surface area contributed by atoms with Crippen LogP contribution in [0.2, 0.25) is 5.02 Å². The van der Waals surface area contributed by atoms with E-state index in [0.29, 0.717) is 42.6 Å². The van der Waals surface area contributed by atoms with Crippen LogP contribution in [0, 0.1) is 0 Å². The molecule has 1 aliphatic heterocycles. The summed E-state index contributed by atoms with van der Waals surface area (Å²) in [7, 11) is -3.57. The Morgan fingerprint density at radius 3 is 2.68 bits per heavy atom. The van der Waals surface area contributed by atoms with E-state index in [1.165, 1.54) is 22.7 Å². The van der Waals surface area contributed by atoms with Gasteiger partial charge in [0.05, 0.1) is 23.8 Å². The molecular weight excluding hydrogens is 364 g/mol. The molecule has 8 heteroatoms. The first-order chi connectivity index (χ1) is 12.0. The summed E-state index contributed by atoms with van der Waals surface area (Å²) in [5, 5.41) is 10.3. The summed E-state index contributed by atoms with van der Waals surface area (Å²) in [5.41, 5.74) is 0.919. The number of rotatable bonds is 4. The van der Waals surface area contributed by atoms with Crippen molar-refractivity contribution < 1.29 is 18.3 Å². The fraction of sp³-hybridized carbons (Fsp3) is 0.235. The van der Waals surface area contributed by atoms with Gasteiger partial charge in [-0.25, -0.2) is 8.42 Å². The van der Waals surface area contributed by atoms with E-state index in [2.05, 4.69) is 4.99 Å². The lowest BCUT2D eigenvalue weighted by Crippen LogP contribution is -2.40. The maximum atomic E-state index is 12.7. The molecule has 25 heavy (non-hydrogen) atoms. The number of phenols is 1. The average molecular weight is 381 g/mol. The van der Waals surface area contributed by atoms with Gasteiger partial charge in [0.2, 0.25) is 10.0 Å². The van der Waals surface area contributed by atoms with Gasteiger partial charge in [0, 0.05) is 29.9 Å². The predicted octanol–water partition coefficient (Wildman–Crippen LogP) is 2.82. The summed E-state index contributed by atoms with van der Waals surface area (Å²) in [6, 6.07) is 11.0. The Morgan fingerprint density at radius 2 is 1.92 bits per heavy atom. The minimum Gasteiger partial charge on any atom is -0.507 e. The quantitative estimate of drug-likeness (QED) is 0.827. The third-order valence-corrected chi connectivity index (χ3v) is 5.90. The van der Waals surface area contributed by atoms with E-state index in [-0.39, 0.29) is 10.6 Å². The fourth-order valence-electron chi connectivity index (χ4n) is 2.43. The van der Waals surface area contributed by atoms with Crippen molar-refractivity contribution in [2.75, 3.05) is 26.3 Å². The molecule has 132 valence electrons. The standard InChI is InChI=1S/C17H17ClN2O4S/c18-14-4-5-17(21)13(10-14)12-19-15-2-1-3-16(11-15)25(22,23)20-6-8-24-9-7-20/h1-5,10-12,21H,6-9H2. The summed E-state index contributed by atoms with van der Waals surface area (Å²) >= 11 is 5.90. The number of aliphatic imine (C=N–C) groups is 1. The molecule has 1 N–H and O–H groups in total. The zero-order valence-electron chi connectivity index (χ0n) is 13.3. The zero-order valence-corrected chi connectivity index (χ0v) is 14.9. The highest BCUT2D eigenvalue weighted by molar-refractivity contribution is 7.89. The highest BCUT2D eigenvalue weighted by Gasteiger charge is 2.26. The van der Waals surface area contributed by atoms with Crippen molar-refractivity contribution in [1.82, 2.24) is 4.31 Å². The predicted molar refractivity (Wildman–Crippen MR) is 96.4 cm³/mol. The van der Waals surface area contributed by atoms with Gasteiger partial charge in [0.25, 0.3) is 0 Å². The Balaban J connectivity index is 1.86. The summed E-state index contributed by atoms with van der Waals surface area (Å²) in [6.45, 7) is 1.47. The van der Waals surface area contributed by atoms with E-state index < -0.39 is 10.0 Å². The van der Waals surface area contributed by atoms with Crippen molar-refractivity contribution in [2.45, 2.75) is 4.90 Å². The molecule has 1 fully saturated rings. The highest BCUT2D eigenvalue weighted by Crippen LogP contribution is 2.24. The van der Waals surface area contributed by atoms with Gasteiger partial charge in [-0.1, -0.05) is 17.7 Å². The van der Waals surface area contributed by atoms with Crippen molar-refractivity contribution in [3.8, 4) is 5.75 Å². The number of hydrogen-bond donors (Lipinski definition) is 1. The van der Waals surface area contributed by atoms with Crippen molar-refractivity contribution in [1.29, 1.82) is 0 Å². The number of aromatic hydroxyl groups is 1. The second-order valence-electron chi connectivity index (χ2n) is 5.48. The first-order valence-corrected chi connectivity index (χ1v) is 9.49. The first kappa shape index (κ1) is 17.9. The second-order valence-corrected chi connectivity index (χ2v) is 7.85. The van der Waals surface area contributed by atoms with Gasteiger partial charge in [-0.15, -0.1) is 0 Å². The van der Waals surface area contributed by atoms with Crippen LogP contribution in [0.4, 0.5) is 5.69 Å². The summed E-state index contributed by atoms with van der Waals surface area (Å²) in [6.07, 6.45) is 1.45. The van der Waals surface area contributed by atoms with Crippen molar-refractivity contribution in [2.24, 2.45) is 4.99 Å². The molecule has 0 spiro atoms. The Labute approximate surface area is 151 Å². The summed E-state index contributed by atoms with van der Waals surface area (Å²) in [4.78, 5) is 4.43. The number of halogens is 1. The summed E-state index contributed by atoms with van der Waals surface area (Å²) < 4.78 is 32.0. The van der Waals surface area contributed by atoms with Crippen LogP contribution >= 0.6 is 11.6 Å². The highest BCUT2D eigenvalue weighted by atomic mass is 35.5. The molecule has 0 saturated carbocycles. The number of phenolic OH excluding ortho intramolecular Hbond substituents is 1. The maximum absolute atomic E-state index is 12.7. The van der Waals surface area contributed by atoms with Gasteiger partial charge in [-0.3, -0.25) is 4.99 Å². The molecule has 2 aromatic rings. The molecule has 3 rings (SSSR count). The number of sulfonamides is 1. The number of hydrogen-bond acceptors (Lipinski definition) is 5. The lowest BCUT2D eigenvalue weighted by Gasteiger charge is -2.26. The third-order valence-electron chi connectivity index (χ3n) is 3.77. The molecule has 0 radical (unpaired) electrons. The van der Waals surface area contributed by atoms with Gasteiger partial charge >= 0.3 is 0 Å². The van der Waals surface area contributed by atoms with Crippen LogP contribution in [0.3, 0.4) is 0 Å². The molecule has 0 aliphatic carbocycles. The first-order valence-electron chi connectivity index (χ1n) is 7.67. The largest absolute Gasteiger partial charge is 0.507 e. The van der Waals surface area contributed by atoms with Gasteiger partial charge in [0.15, 0.2) is 0 Å². The molecule has 2 aromatic carbocycles. The molecule has 0 aromatic heterocycles. The normalized spacial score (nSPS) is 16.4. The minimum atomic E-state index is -3.57. The van der Waals surface area contributed by atoms with Crippen molar-refractivity contribution in [3.63, 3.8) is 0 Å². The number of ether oxygens (including phenoxy) is 1. The van der Waals surface area contributed by atoms with Crippen molar-refractivity contribution in [3.05, 3.63) is 53.1 Å². The lowest BCUT2D eigenvalue weighted by molar-refractivity contribution is 0.0730. The molecule has 0 unspecified atom stereocenters. The van der Waals surface area contributed by atoms with Gasteiger partial charge < -0.3 is 9.84 Å². The van der Waals surface area contributed by atoms with E-state index >= 15 is 0 Å². The Kier molecular flexibility index (Phi) is 5.39. The molecule has 1 heterocycles. The Morgan fingerprint density at radius 1 is 1.16 bits per heavy atom. The van der Waals surface area contributed by atoms with Crippen LogP contribution in [0.5, 0.6) is 5.75 Å². The molecule has 0 bridgehead atoms. The summed E-state index contributed by atoms with van der Waals surface area (Å²) in [5.74, 6) is 0.0465. The van der Waals surface area contributed by atoms with E-state index in [1.807, 2.05) is 0 Å². The monoisotopic (exact) mass is 380 g/mol. The smallest absolute Gasteiger partial charge is 0.243 e. The SMILES string of the molecule is O=S(=O)(c1cccc(N=Cc2cc(Cl)ccc2O)c1)N1CCOCC1. The topological polar surface area (TPSA) is 79.2 Å². The van der Waals surface area contributed by atoms with Crippen LogP contribution in [0.25, 0.3) is 0 Å². The van der Waals surface area contributed by atoms with Crippen LogP contribution in [0.15, 0.2) is 52.4 Å². The van der Waals surface area contributed by atoms with Gasteiger partial charge in [-0.05, 0) is 36.4 Å².